The molecule has 9 rings (SSSR count). The second kappa shape index (κ2) is 7.00. The van der Waals surface area contributed by atoms with Crippen LogP contribution >= 0.6 is 0 Å². The lowest BCUT2D eigenvalue weighted by Crippen LogP contribution is -2.64. The summed E-state index contributed by atoms with van der Waals surface area (Å²) in [6.07, 6.45) is 15.2. The number of hydrogen-bond donors (Lipinski definition) is 0. The molecule has 7 fully saturated rings. The molecular weight excluding hydrogens is 454 g/mol. The Morgan fingerprint density at radius 2 is 1.89 bits per heavy atom. The third-order valence-corrected chi connectivity index (χ3v) is 14.1. The molecule has 11 atom stereocenters. The Labute approximate surface area is 222 Å². The molecule has 6 aliphatic carbocycles. The first-order valence-electron chi connectivity index (χ1n) is 15.6. The van der Waals surface area contributed by atoms with Gasteiger partial charge < -0.3 is 4.74 Å². The Balaban J connectivity index is 1.04. The maximum Gasteiger partial charge on any atom is 0.155 e. The van der Waals surface area contributed by atoms with Crippen molar-refractivity contribution in [3.05, 3.63) is 47.5 Å². The number of hydrogen-bond acceptors (Lipinski definition) is 3. The number of allylic oxidation sites excluding steroid dienone is 2. The molecule has 0 amide bonds. The van der Waals surface area contributed by atoms with Gasteiger partial charge in [0.25, 0.3) is 0 Å². The number of ether oxygens (including phenoxy) is 1. The second-order valence-corrected chi connectivity index (χ2v) is 15.2. The number of nitrogens with zero attached hydrogens (tertiary/aromatic N) is 1. The average molecular weight is 498 g/mol. The van der Waals surface area contributed by atoms with Crippen LogP contribution in [0.2, 0.25) is 0 Å². The Morgan fingerprint density at radius 3 is 2.76 bits per heavy atom. The monoisotopic (exact) mass is 497 g/mol. The van der Waals surface area contributed by atoms with E-state index in [1.807, 2.05) is 0 Å². The van der Waals surface area contributed by atoms with E-state index in [4.69, 9.17) is 4.74 Å². The maximum absolute atomic E-state index is 12.3. The predicted molar refractivity (Wildman–Crippen MR) is 144 cm³/mol. The zero-order chi connectivity index (χ0) is 24.8. The molecule has 1 aromatic rings. The third kappa shape index (κ3) is 2.52. The highest BCUT2D eigenvalue weighted by Crippen LogP contribution is 2.93. The highest BCUT2D eigenvalue weighted by molar-refractivity contribution is 5.91. The van der Waals surface area contributed by atoms with Gasteiger partial charge in [-0.3, -0.25) is 9.69 Å². The number of likely N-dealkylation sites (tertiary alicyclic amines) is 1. The van der Waals surface area contributed by atoms with Gasteiger partial charge in [0.1, 0.15) is 0 Å². The summed E-state index contributed by atoms with van der Waals surface area (Å²) in [7, 11) is 0. The Bertz CT molecular complexity index is 1210. The van der Waals surface area contributed by atoms with Gasteiger partial charge in [-0.05, 0) is 104 Å². The molecular formula is C34H43NO2. The van der Waals surface area contributed by atoms with Gasteiger partial charge in [0.05, 0.1) is 11.7 Å². The zero-order valence-electron chi connectivity index (χ0n) is 22.8. The molecule has 2 saturated heterocycles. The minimum Gasteiger partial charge on any atom is -0.369 e. The Morgan fingerprint density at radius 1 is 1.03 bits per heavy atom. The smallest absolute Gasteiger partial charge is 0.155 e. The number of fused-ring (bicyclic) bond motifs is 6. The van der Waals surface area contributed by atoms with Crippen molar-refractivity contribution >= 4 is 5.78 Å². The molecule has 196 valence electrons. The van der Waals surface area contributed by atoms with Crippen LogP contribution in [-0.2, 0) is 16.1 Å². The summed E-state index contributed by atoms with van der Waals surface area (Å²) in [4.78, 5) is 15.1. The lowest BCUT2D eigenvalue weighted by atomic mass is 9.47. The molecule has 0 radical (unpaired) electrons. The van der Waals surface area contributed by atoms with Crippen molar-refractivity contribution in [1.29, 1.82) is 0 Å². The summed E-state index contributed by atoms with van der Waals surface area (Å²) in [6.45, 7) is 7.31. The number of rotatable bonds is 2. The molecule has 3 nitrogen and oxygen atoms in total. The summed E-state index contributed by atoms with van der Waals surface area (Å²) in [6, 6.07) is 11.8. The molecule has 0 N–H and O–H groups in total. The van der Waals surface area contributed by atoms with Gasteiger partial charge in [-0.25, -0.2) is 0 Å². The number of benzene rings is 1. The summed E-state index contributed by atoms with van der Waals surface area (Å²) in [5.74, 6) is 4.47. The van der Waals surface area contributed by atoms with E-state index in [0.29, 0.717) is 34.7 Å². The molecule has 5 saturated carbocycles. The summed E-state index contributed by atoms with van der Waals surface area (Å²) in [5, 5.41) is 0. The van der Waals surface area contributed by atoms with Crippen molar-refractivity contribution in [3.8, 4) is 0 Å². The van der Waals surface area contributed by atoms with Crippen LogP contribution in [0.3, 0.4) is 0 Å². The van der Waals surface area contributed by atoms with Crippen LogP contribution in [0.15, 0.2) is 42.0 Å². The van der Waals surface area contributed by atoms with E-state index < -0.39 is 0 Å². The number of carbonyl (C=O) groups excluding carboxylic acids is 1. The first-order chi connectivity index (χ1) is 17.9. The first kappa shape index (κ1) is 22.4. The molecule has 37 heavy (non-hydrogen) atoms. The molecule has 8 aliphatic rings. The Kier molecular flexibility index (Phi) is 4.23. The Hall–Kier alpha value is -1.45. The number of carbonyl (C=O) groups is 1. The predicted octanol–water partition coefficient (Wildman–Crippen LogP) is 6.57. The van der Waals surface area contributed by atoms with Crippen LogP contribution in [0.5, 0.6) is 0 Å². The van der Waals surface area contributed by atoms with Crippen LogP contribution in [-0.4, -0.2) is 35.0 Å². The minimum atomic E-state index is 0.174. The van der Waals surface area contributed by atoms with Crippen LogP contribution in [0.1, 0.15) is 83.6 Å². The van der Waals surface area contributed by atoms with E-state index in [0.717, 1.165) is 43.1 Å². The van der Waals surface area contributed by atoms with Gasteiger partial charge in [0, 0.05) is 36.9 Å². The van der Waals surface area contributed by atoms with E-state index in [2.05, 4.69) is 55.2 Å². The van der Waals surface area contributed by atoms with E-state index >= 15 is 0 Å². The summed E-state index contributed by atoms with van der Waals surface area (Å²) >= 11 is 0. The van der Waals surface area contributed by atoms with Gasteiger partial charge in [-0.1, -0.05) is 49.8 Å². The van der Waals surface area contributed by atoms with E-state index in [-0.39, 0.29) is 11.0 Å². The van der Waals surface area contributed by atoms with Gasteiger partial charge in [-0.2, -0.15) is 0 Å². The third-order valence-electron chi connectivity index (χ3n) is 14.1. The number of piperidine rings is 1. The maximum atomic E-state index is 12.3. The quantitative estimate of drug-likeness (QED) is 0.463. The standard InChI is InChI=1S/C34H43NO2/c1-21-14-29-30(35(18-21)19-22-6-4-3-5-7-22)28-17-33-20-32(33)16-27-25(26(32)11-13-34(28,33)37-29)9-8-23-15-24(36)10-12-31(23,27)2/h3-7,15,21,25-30H,8-14,16-20H2,1-2H3/t21?,25-,26-,27-,28+,29+,30-,31-,32?,33?,34+/m0/s1. The fourth-order valence-corrected chi connectivity index (χ4v) is 12.8. The highest BCUT2D eigenvalue weighted by Gasteiger charge is 2.91. The average Bonchev–Trinajstić information content (AvgIpc) is 3.36. The van der Waals surface area contributed by atoms with E-state index in [1.165, 1.54) is 69.0 Å². The fraction of sp³-hybridized carbons (Fsp3) is 0.735. The molecule has 3 heteroatoms. The highest BCUT2D eigenvalue weighted by atomic mass is 16.5. The van der Waals surface area contributed by atoms with Gasteiger partial charge >= 0.3 is 0 Å². The minimum absolute atomic E-state index is 0.174. The lowest BCUT2D eigenvalue weighted by molar-refractivity contribution is -0.211. The zero-order valence-corrected chi connectivity index (χ0v) is 22.8. The molecule has 2 aliphatic heterocycles. The first-order valence-corrected chi connectivity index (χ1v) is 15.6. The molecule has 0 aromatic heterocycles. The number of ketones is 1. The van der Waals surface area contributed by atoms with Crippen LogP contribution in [0.4, 0.5) is 0 Å². The molecule has 3 spiro atoms. The lowest BCUT2D eigenvalue weighted by Gasteiger charge is -2.60. The SMILES string of the molecule is CC1C[C@H]2O[C@@]34CC[C@H]5[C@@H]6CCC7=CC(=O)CC[C@]7(C)[C@H]6CC56CC63C[C@@H]4[C@@H]2N(Cc2ccccc2)C1. The van der Waals surface area contributed by atoms with Crippen molar-refractivity contribution in [2.45, 2.75) is 102 Å². The van der Waals surface area contributed by atoms with Gasteiger partial charge in [0.15, 0.2) is 5.78 Å². The van der Waals surface area contributed by atoms with Crippen LogP contribution < -0.4 is 0 Å². The van der Waals surface area contributed by atoms with Crippen molar-refractivity contribution in [1.82, 2.24) is 4.90 Å². The molecule has 1 aromatic carbocycles. The van der Waals surface area contributed by atoms with Gasteiger partial charge in [-0.15, -0.1) is 0 Å². The van der Waals surface area contributed by atoms with E-state index in [1.54, 1.807) is 0 Å². The van der Waals surface area contributed by atoms with Crippen molar-refractivity contribution in [2.75, 3.05) is 6.54 Å². The molecule has 3 unspecified atom stereocenters. The largest absolute Gasteiger partial charge is 0.369 e. The van der Waals surface area contributed by atoms with Crippen molar-refractivity contribution in [2.24, 2.45) is 45.8 Å². The second-order valence-electron chi connectivity index (χ2n) is 15.2. The van der Waals surface area contributed by atoms with Gasteiger partial charge in [0.2, 0.25) is 0 Å². The van der Waals surface area contributed by atoms with Crippen LogP contribution in [0.25, 0.3) is 0 Å². The van der Waals surface area contributed by atoms with Crippen LogP contribution in [0, 0.1) is 45.8 Å². The fourth-order valence-electron chi connectivity index (χ4n) is 12.8. The molecule has 0 bridgehead atoms. The van der Waals surface area contributed by atoms with E-state index in [9.17, 15) is 4.79 Å². The molecule has 2 heterocycles. The van der Waals surface area contributed by atoms with Crippen molar-refractivity contribution in [3.63, 3.8) is 0 Å². The normalized spacial score (nSPS) is 54.9. The van der Waals surface area contributed by atoms with Crippen molar-refractivity contribution < 1.29 is 9.53 Å². The summed E-state index contributed by atoms with van der Waals surface area (Å²) in [5.41, 5.74) is 4.47. The summed E-state index contributed by atoms with van der Waals surface area (Å²) < 4.78 is 7.44. The topological polar surface area (TPSA) is 29.5 Å².